The van der Waals surface area contributed by atoms with E-state index in [1.807, 2.05) is 6.92 Å². The number of methoxy groups -OCH3 is 1. The molecular weight excluding hydrogens is 190 g/mol. The summed E-state index contributed by atoms with van der Waals surface area (Å²) in [6.45, 7) is 4.19. The highest BCUT2D eigenvalue weighted by atomic mass is 16.5. The summed E-state index contributed by atoms with van der Waals surface area (Å²) >= 11 is 0. The molecule has 15 heavy (non-hydrogen) atoms. The first-order chi connectivity index (χ1) is 7.19. The molecule has 2 atom stereocenters. The Bertz CT molecular complexity index is 200. The van der Waals surface area contributed by atoms with Crippen LogP contribution in [0, 0.1) is 5.92 Å². The lowest BCUT2D eigenvalue weighted by Gasteiger charge is -2.24. The second-order valence-electron chi connectivity index (χ2n) is 4.48. The molecule has 0 heterocycles. The molecule has 1 fully saturated rings. The van der Waals surface area contributed by atoms with Crippen molar-refractivity contribution < 1.29 is 9.53 Å². The molecule has 0 amide bonds. The minimum Gasteiger partial charge on any atom is -0.468 e. The Morgan fingerprint density at radius 1 is 1.47 bits per heavy atom. The van der Waals surface area contributed by atoms with Crippen molar-refractivity contribution in [3.8, 4) is 0 Å². The van der Waals surface area contributed by atoms with Crippen LogP contribution in [0.4, 0.5) is 0 Å². The first kappa shape index (κ1) is 12.5. The Balaban J connectivity index is 2.39. The van der Waals surface area contributed by atoms with Crippen LogP contribution >= 0.6 is 0 Å². The van der Waals surface area contributed by atoms with Crippen molar-refractivity contribution in [3.63, 3.8) is 0 Å². The highest BCUT2D eigenvalue weighted by Gasteiger charge is 2.25. The number of carbonyl (C=O) groups excluding carboxylic acids is 1. The number of hydrogen-bond donors (Lipinski definition) is 1. The maximum Gasteiger partial charge on any atom is 0.322 e. The maximum absolute atomic E-state index is 11.4. The van der Waals surface area contributed by atoms with E-state index in [-0.39, 0.29) is 12.0 Å². The summed E-state index contributed by atoms with van der Waals surface area (Å²) in [5, 5.41) is 3.38. The van der Waals surface area contributed by atoms with Gasteiger partial charge in [-0.2, -0.15) is 0 Å². The molecule has 0 aromatic carbocycles. The normalized spacial score (nSPS) is 21.3. The van der Waals surface area contributed by atoms with Gasteiger partial charge in [0.05, 0.1) is 7.11 Å². The molecule has 1 rings (SSSR count). The van der Waals surface area contributed by atoms with E-state index in [1.165, 1.54) is 32.8 Å². The lowest BCUT2D eigenvalue weighted by atomic mass is 9.98. The van der Waals surface area contributed by atoms with Crippen LogP contribution in [-0.2, 0) is 9.53 Å². The minimum atomic E-state index is -0.137. The van der Waals surface area contributed by atoms with Gasteiger partial charge < -0.3 is 10.1 Å². The van der Waals surface area contributed by atoms with E-state index in [0.29, 0.717) is 6.04 Å². The van der Waals surface area contributed by atoms with Crippen molar-refractivity contribution in [1.29, 1.82) is 0 Å². The van der Waals surface area contributed by atoms with Crippen molar-refractivity contribution >= 4 is 5.97 Å². The Morgan fingerprint density at radius 3 is 2.53 bits per heavy atom. The summed E-state index contributed by atoms with van der Waals surface area (Å²) in [6.07, 6.45) is 6.07. The molecule has 0 spiro atoms. The van der Waals surface area contributed by atoms with Gasteiger partial charge in [-0.15, -0.1) is 0 Å². The Kier molecular flexibility index (Phi) is 5.09. The molecule has 88 valence electrons. The van der Waals surface area contributed by atoms with Gasteiger partial charge in [-0.25, -0.2) is 0 Å². The van der Waals surface area contributed by atoms with E-state index in [1.54, 1.807) is 0 Å². The maximum atomic E-state index is 11.4. The predicted octanol–water partition coefficient (Wildman–Crippen LogP) is 2.11. The molecule has 0 aromatic heterocycles. The van der Waals surface area contributed by atoms with Crippen molar-refractivity contribution in [3.05, 3.63) is 0 Å². The monoisotopic (exact) mass is 213 g/mol. The van der Waals surface area contributed by atoms with E-state index in [4.69, 9.17) is 4.74 Å². The zero-order chi connectivity index (χ0) is 11.3. The summed E-state index contributed by atoms with van der Waals surface area (Å²) in [7, 11) is 1.45. The molecule has 0 radical (unpaired) electrons. The third-order valence-electron chi connectivity index (χ3n) is 3.46. The first-order valence-electron chi connectivity index (χ1n) is 6.03. The number of rotatable bonds is 5. The van der Waals surface area contributed by atoms with E-state index in [9.17, 15) is 4.79 Å². The molecule has 1 aliphatic rings. The zero-order valence-electron chi connectivity index (χ0n) is 10.1. The van der Waals surface area contributed by atoms with Gasteiger partial charge in [-0.05, 0) is 32.1 Å². The first-order valence-corrected chi connectivity index (χ1v) is 6.03. The molecule has 3 heteroatoms. The summed E-state index contributed by atoms with van der Waals surface area (Å²) in [5.41, 5.74) is 0. The third-order valence-corrected chi connectivity index (χ3v) is 3.46. The second kappa shape index (κ2) is 6.11. The quantitative estimate of drug-likeness (QED) is 0.711. The van der Waals surface area contributed by atoms with Crippen LogP contribution in [0.25, 0.3) is 0 Å². The number of esters is 1. The molecule has 3 nitrogen and oxygen atoms in total. The van der Waals surface area contributed by atoms with Crippen molar-refractivity contribution in [2.45, 2.75) is 58.0 Å². The minimum absolute atomic E-state index is 0.134. The standard InChI is InChI=1S/C12H23NO2/c1-4-11(12(14)15-3)13-9(2)10-7-5-6-8-10/h9-11,13H,4-8H2,1-3H3. The van der Waals surface area contributed by atoms with Crippen LogP contribution in [0.15, 0.2) is 0 Å². The topological polar surface area (TPSA) is 38.3 Å². The number of carbonyl (C=O) groups is 1. The lowest BCUT2D eigenvalue weighted by molar-refractivity contribution is -0.143. The van der Waals surface area contributed by atoms with Gasteiger partial charge in [-0.3, -0.25) is 4.79 Å². The number of nitrogens with one attached hydrogen (secondary N) is 1. The second-order valence-corrected chi connectivity index (χ2v) is 4.48. The van der Waals surface area contributed by atoms with E-state index in [2.05, 4.69) is 12.2 Å². The predicted molar refractivity (Wildman–Crippen MR) is 60.7 cm³/mol. The van der Waals surface area contributed by atoms with Crippen LogP contribution in [0.1, 0.15) is 46.0 Å². The Morgan fingerprint density at radius 2 is 2.07 bits per heavy atom. The van der Waals surface area contributed by atoms with Crippen molar-refractivity contribution in [2.75, 3.05) is 7.11 Å². The van der Waals surface area contributed by atoms with Crippen LogP contribution in [0.5, 0.6) is 0 Å². The van der Waals surface area contributed by atoms with Crippen LogP contribution in [0.2, 0.25) is 0 Å². The van der Waals surface area contributed by atoms with Gasteiger partial charge in [0.2, 0.25) is 0 Å². The van der Waals surface area contributed by atoms with E-state index >= 15 is 0 Å². The van der Waals surface area contributed by atoms with E-state index < -0.39 is 0 Å². The van der Waals surface area contributed by atoms with Crippen LogP contribution < -0.4 is 5.32 Å². The molecular formula is C12H23NO2. The van der Waals surface area contributed by atoms with Gasteiger partial charge >= 0.3 is 5.97 Å². The average molecular weight is 213 g/mol. The van der Waals surface area contributed by atoms with Gasteiger partial charge in [0.15, 0.2) is 0 Å². The van der Waals surface area contributed by atoms with Crippen molar-refractivity contribution in [1.82, 2.24) is 5.32 Å². The molecule has 0 aromatic rings. The van der Waals surface area contributed by atoms with Crippen molar-refractivity contribution in [2.24, 2.45) is 5.92 Å². The van der Waals surface area contributed by atoms with E-state index in [0.717, 1.165) is 12.3 Å². The van der Waals surface area contributed by atoms with Gasteiger partial charge in [0.25, 0.3) is 0 Å². The van der Waals surface area contributed by atoms with Crippen LogP contribution in [-0.4, -0.2) is 25.2 Å². The van der Waals surface area contributed by atoms with Gasteiger partial charge in [0.1, 0.15) is 6.04 Å². The summed E-state index contributed by atoms with van der Waals surface area (Å²) < 4.78 is 4.77. The number of hydrogen-bond acceptors (Lipinski definition) is 3. The lowest BCUT2D eigenvalue weighted by Crippen LogP contribution is -2.44. The summed E-state index contributed by atoms with van der Waals surface area (Å²) in [4.78, 5) is 11.4. The Hall–Kier alpha value is -0.570. The van der Waals surface area contributed by atoms with Gasteiger partial charge in [-0.1, -0.05) is 19.8 Å². The fourth-order valence-electron chi connectivity index (χ4n) is 2.41. The molecule has 0 saturated heterocycles. The SMILES string of the molecule is CCC(NC(C)C1CCCC1)C(=O)OC. The fourth-order valence-corrected chi connectivity index (χ4v) is 2.41. The highest BCUT2D eigenvalue weighted by molar-refractivity contribution is 5.75. The summed E-state index contributed by atoms with van der Waals surface area (Å²) in [5.74, 6) is 0.603. The fraction of sp³-hybridized carbons (Fsp3) is 0.917. The summed E-state index contributed by atoms with van der Waals surface area (Å²) in [6, 6.07) is 0.294. The molecule has 0 aliphatic heterocycles. The van der Waals surface area contributed by atoms with Gasteiger partial charge in [0, 0.05) is 6.04 Å². The molecule has 0 bridgehead atoms. The smallest absolute Gasteiger partial charge is 0.322 e. The molecule has 1 aliphatic carbocycles. The Labute approximate surface area is 92.6 Å². The van der Waals surface area contributed by atoms with Crippen LogP contribution in [0.3, 0.4) is 0 Å². The third kappa shape index (κ3) is 3.49. The highest BCUT2D eigenvalue weighted by Crippen LogP contribution is 2.27. The molecule has 1 saturated carbocycles. The average Bonchev–Trinajstić information content (AvgIpc) is 2.77. The largest absolute Gasteiger partial charge is 0.468 e. The molecule has 1 N–H and O–H groups in total. The zero-order valence-corrected chi connectivity index (χ0v) is 10.1. The molecule has 2 unspecified atom stereocenters. The number of ether oxygens (including phenoxy) is 1.